The largest absolute Gasteiger partial charge is 0.0738 e. The van der Waals surface area contributed by atoms with Crippen LogP contribution in [0.25, 0.3) is 0 Å². The summed E-state index contributed by atoms with van der Waals surface area (Å²) in [6.45, 7) is 9.33. The number of rotatable bonds is 20. The molecule has 1 aliphatic rings. The molecule has 0 bridgehead atoms. The van der Waals surface area contributed by atoms with Gasteiger partial charge in [-0.2, -0.15) is 0 Å². The molecule has 0 saturated heterocycles. The monoisotopic (exact) mass is 402 g/mol. The Morgan fingerprint density at radius 1 is 0.517 bits per heavy atom. The summed E-state index contributed by atoms with van der Waals surface area (Å²) in [5.74, 6) is 0.788. The maximum absolute atomic E-state index is 2.75. The minimum Gasteiger partial charge on any atom is -0.0738 e. The van der Waals surface area contributed by atoms with E-state index in [1.165, 1.54) is 128 Å². The Hall–Kier alpha value is -0.520. The molecule has 0 saturated carbocycles. The highest BCUT2D eigenvalue weighted by Crippen LogP contribution is 2.41. The topological polar surface area (TPSA) is 0 Å². The third-order valence-corrected chi connectivity index (χ3v) is 6.87. The summed E-state index contributed by atoms with van der Waals surface area (Å²) in [6, 6.07) is 0. The van der Waals surface area contributed by atoms with Gasteiger partial charge < -0.3 is 0 Å². The van der Waals surface area contributed by atoms with E-state index in [-0.39, 0.29) is 0 Å². The molecule has 29 heavy (non-hydrogen) atoms. The van der Waals surface area contributed by atoms with Gasteiger partial charge in [0.2, 0.25) is 0 Å². The smallest absolute Gasteiger partial charge is 0.00114 e. The molecular formula is C29H54. The highest BCUT2D eigenvalue weighted by Gasteiger charge is 2.25. The molecule has 0 aromatic rings. The predicted molar refractivity (Wildman–Crippen MR) is 134 cm³/mol. The summed E-state index contributed by atoms with van der Waals surface area (Å²) in [5.41, 5.74) is 5.51. The molecule has 1 atom stereocenters. The van der Waals surface area contributed by atoms with E-state index in [0.29, 0.717) is 0 Å². The lowest BCUT2D eigenvalue weighted by molar-refractivity contribution is 0.552. The molecule has 0 heteroatoms. The van der Waals surface area contributed by atoms with Crippen molar-refractivity contribution in [2.45, 2.75) is 156 Å². The van der Waals surface area contributed by atoms with Crippen molar-refractivity contribution in [2.75, 3.05) is 0 Å². The van der Waals surface area contributed by atoms with Crippen LogP contribution in [-0.4, -0.2) is 0 Å². The van der Waals surface area contributed by atoms with Crippen molar-refractivity contribution in [3.8, 4) is 0 Å². The van der Waals surface area contributed by atoms with Gasteiger partial charge in [-0.15, -0.1) is 0 Å². The zero-order valence-electron chi connectivity index (χ0n) is 20.8. The second kappa shape index (κ2) is 18.3. The Labute approximate surface area is 185 Å². The Morgan fingerprint density at radius 3 is 1.55 bits per heavy atom. The normalized spacial score (nSPS) is 16.7. The Morgan fingerprint density at radius 2 is 1.00 bits per heavy atom. The van der Waals surface area contributed by atoms with E-state index in [4.69, 9.17) is 0 Å². The molecule has 0 spiro atoms. The van der Waals surface area contributed by atoms with Crippen LogP contribution in [0, 0.1) is 5.92 Å². The summed E-state index contributed by atoms with van der Waals surface area (Å²) in [5, 5.41) is 0. The summed E-state index contributed by atoms with van der Waals surface area (Å²) in [4.78, 5) is 0. The fourth-order valence-electron chi connectivity index (χ4n) is 5.03. The van der Waals surface area contributed by atoms with E-state index < -0.39 is 0 Å². The van der Waals surface area contributed by atoms with Gasteiger partial charge in [0.25, 0.3) is 0 Å². The van der Waals surface area contributed by atoms with Crippen LogP contribution in [0.15, 0.2) is 22.8 Å². The molecule has 0 radical (unpaired) electrons. The molecule has 0 aromatic carbocycles. The number of hydrogen-bond acceptors (Lipinski definition) is 0. The molecule has 0 heterocycles. The minimum atomic E-state index is 0.788. The van der Waals surface area contributed by atoms with Gasteiger partial charge in [-0.05, 0) is 62.0 Å². The van der Waals surface area contributed by atoms with Gasteiger partial charge in [-0.3, -0.25) is 0 Å². The van der Waals surface area contributed by atoms with Crippen LogP contribution in [0.5, 0.6) is 0 Å². The van der Waals surface area contributed by atoms with Crippen LogP contribution >= 0.6 is 0 Å². The van der Waals surface area contributed by atoms with Crippen LogP contribution < -0.4 is 0 Å². The summed E-state index contributed by atoms with van der Waals surface area (Å²) in [6.07, 6.45) is 30.7. The average molecular weight is 403 g/mol. The van der Waals surface area contributed by atoms with Gasteiger partial charge in [-0.1, -0.05) is 123 Å². The number of allylic oxidation sites excluding steroid dienone is 4. The van der Waals surface area contributed by atoms with Gasteiger partial charge in [0.15, 0.2) is 0 Å². The second-order valence-corrected chi connectivity index (χ2v) is 9.58. The van der Waals surface area contributed by atoms with E-state index in [1.807, 2.05) is 11.1 Å². The SMILES string of the molecule is CCCCCCC1=CC(CCCCCC)C(CCCCCC)=C1CCCCCC. The van der Waals surface area contributed by atoms with Crippen molar-refractivity contribution in [1.29, 1.82) is 0 Å². The molecule has 0 fully saturated rings. The van der Waals surface area contributed by atoms with Gasteiger partial charge in [0, 0.05) is 0 Å². The van der Waals surface area contributed by atoms with E-state index in [1.54, 1.807) is 5.57 Å². The first kappa shape index (κ1) is 26.5. The molecule has 0 aromatic heterocycles. The van der Waals surface area contributed by atoms with Gasteiger partial charge in [-0.25, -0.2) is 0 Å². The van der Waals surface area contributed by atoms with Gasteiger partial charge >= 0.3 is 0 Å². The highest BCUT2D eigenvalue weighted by atomic mass is 14.3. The molecule has 1 unspecified atom stereocenters. The van der Waals surface area contributed by atoms with Crippen LogP contribution in [0.1, 0.15) is 156 Å². The fourth-order valence-corrected chi connectivity index (χ4v) is 5.03. The molecule has 0 amide bonds. The van der Waals surface area contributed by atoms with Crippen LogP contribution in [0.2, 0.25) is 0 Å². The van der Waals surface area contributed by atoms with Crippen molar-refractivity contribution in [2.24, 2.45) is 5.92 Å². The first-order valence-corrected chi connectivity index (χ1v) is 13.7. The van der Waals surface area contributed by atoms with E-state index in [0.717, 1.165) is 5.92 Å². The standard InChI is InChI=1S/C29H54/c1-5-9-13-17-21-26-25-27(22-18-14-10-6-2)29(24-20-16-12-8-4)28(26)23-19-15-11-7-3/h25-26H,5-24H2,1-4H3. The fraction of sp³-hybridized carbons (Fsp3) is 0.862. The lowest BCUT2D eigenvalue weighted by atomic mass is 9.88. The third-order valence-electron chi connectivity index (χ3n) is 6.87. The van der Waals surface area contributed by atoms with Gasteiger partial charge in [0.1, 0.15) is 0 Å². The molecule has 0 aliphatic heterocycles. The zero-order chi connectivity index (χ0) is 21.2. The lowest BCUT2D eigenvalue weighted by Crippen LogP contribution is -2.01. The van der Waals surface area contributed by atoms with E-state index in [2.05, 4.69) is 33.8 Å². The van der Waals surface area contributed by atoms with Gasteiger partial charge in [0.05, 0.1) is 0 Å². The van der Waals surface area contributed by atoms with Crippen molar-refractivity contribution in [3.05, 3.63) is 22.8 Å². The highest BCUT2D eigenvalue weighted by molar-refractivity contribution is 5.45. The molecule has 170 valence electrons. The Balaban J connectivity index is 2.81. The molecular weight excluding hydrogens is 348 g/mol. The predicted octanol–water partition coefficient (Wildman–Crippen LogP) is 10.7. The molecule has 0 nitrogen and oxygen atoms in total. The number of hydrogen-bond donors (Lipinski definition) is 0. The third kappa shape index (κ3) is 11.4. The molecule has 1 aliphatic carbocycles. The minimum absolute atomic E-state index is 0.788. The van der Waals surface area contributed by atoms with Crippen molar-refractivity contribution in [3.63, 3.8) is 0 Å². The number of unbranched alkanes of at least 4 members (excludes halogenated alkanes) is 12. The van der Waals surface area contributed by atoms with E-state index in [9.17, 15) is 0 Å². The summed E-state index contributed by atoms with van der Waals surface area (Å²) >= 11 is 0. The maximum Gasteiger partial charge on any atom is -0.00114 e. The molecule has 1 rings (SSSR count). The second-order valence-electron chi connectivity index (χ2n) is 9.58. The first-order chi connectivity index (χ1) is 14.3. The Kier molecular flexibility index (Phi) is 16.7. The van der Waals surface area contributed by atoms with Crippen LogP contribution in [0.3, 0.4) is 0 Å². The first-order valence-electron chi connectivity index (χ1n) is 13.7. The Bertz CT molecular complexity index is 439. The van der Waals surface area contributed by atoms with Crippen LogP contribution in [-0.2, 0) is 0 Å². The summed E-state index contributed by atoms with van der Waals surface area (Å²) < 4.78 is 0. The maximum atomic E-state index is 2.75. The molecule has 0 N–H and O–H groups in total. The average Bonchev–Trinajstić information content (AvgIpc) is 3.05. The zero-order valence-corrected chi connectivity index (χ0v) is 20.8. The van der Waals surface area contributed by atoms with Crippen molar-refractivity contribution in [1.82, 2.24) is 0 Å². The van der Waals surface area contributed by atoms with Crippen LogP contribution in [0.4, 0.5) is 0 Å². The summed E-state index contributed by atoms with van der Waals surface area (Å²) in [7, 11) is 0. The lowest BCUT2D eigenvalue weighted by Gasteiger charge is -2.17. The van der Waals surface area contributed by atoms with Crippen molar-refractivity contribution < 1.29 is 0 Å². The van der Waals surface area contributed by atoms with E-state index >= 15 is 0 Å². The van der Waals surface area contributed by atoms with Crippen molar-refractivity contribution >= 4 is 0 Å². The quantitative estimate of drug-likeness (QED) is 0.178.